The fourth-order valence-corrected chi connectivity index (χ4v) is 2.48. The Labute approximate surface area is 92.1 Å². The average Bonchev–Trinajstić information content (AvgIpc) is 2.71. The standard InChI is InChI=1S/C11H11BrN2/c12-11-8(7-13)3-1-4-9(11)10-5-2-6-14-10/h1,3-4,10,14H,2,5-6H2. The second kappa shape index (κ2) is 4.12. The van der Waals surface area contributed by atoms with Crippen LogP contribution in [0.15, 0.2) is 22.7 Å². The molecule has 0 amide bonds. The molecule has 1 heterocycles. The molecule has 1 aliphatic heterocycles. The van der Waals surface area contributed by atoms with Gasteiger partial charge >= 0.3 is 0 Å². The third-order valence-electron chi connectivity index (χ3n) is 2.58. The maximum Gasteiger partial charge on any atom is 0.100 e. The van der Waals surface area contributed by atoms with Gasteiger partial charge in [-0.05, 0) is 46.9 Å². The minimum absolute atomic E-state index is 0.415. The number of hydrogen-bond donors (Lipinski definition) is 1. The lowest BCUT2D eigenvalue weighted by molar-refractivity contribution is 0.645. The Kier molecular flexibility index (Phi) is 2.85. The number of nitrogens with one attached hydrogen (secondary N) is 1. The van der Waals surface area contributed by atoms with Crippen molar-refractivity contribution >= 4 is 15.9 Å². The summed E-state index contributed by atoms with van der Waals surface area (Å²) < 4.78 is 0.946. The lowest BCUT2D eigenvalue weighted by atomic mass is 10.0. The molecule has 2 nitrogen and oxygen atoms in total. The summed E-state index contributed by atoms with van der Waals surface area (Å²) in [5.74, 6) is 0. The smallest absolute Gasteiger partial charge is 0.100 e. The summed E-state index contributed by atoms with van der Waals surface area (Å²) in [4.78, 5) is 0. The van der Waals surface area contributed by atoms with Gasteiger partial charge in [0.2, 0.25) is 0 Å². The van der Waals surface area contributed by atoms with Crippen LogP contribution in [0.25, 0.3) is 0 Å². The van der Waals surface area contributed by atoms with Crippen molar-refractivity contribution in [1.29, 1.82) is 5.26 Å². The molecule has 1 atom stereocenters. The van der Waals surface area contributed by atoms with E-state index in [4.69, 9.17) is 5.26 Å². The van der Waals surface area contributed by atoms with Crippen LogP contribution in [-0.2, 0) is 0 Å². The summed E-state index contributed by atoms with van der Waals surface area (Å²) in [6.07, 6.45) is 2.38. The van der Waals surface area contributed by atoms with Crippen molar-refractivity contribution in [1.82, 2.24) is 5.32 Å². The van der Waals surface area contributed by atoms with Crippen molar-refractivity contribution in [3.05, 3.63) is 33.8 Å². The quantitative estimate of drug-likeness (QED) is 0.832. The minimum Gasteiger partial charge on any atom is -0.310 e. The normalized spacial score (nSPS) is 20.7. The minimum atomic E-state index is 0.415. The highest BCUT2D eigenvalue weighted by atomic mass is 79.9. The van der Waals surface area contributed by atoms with Gasteiger partial charge < -0.3 is 5.32 Å². The van der Waals surface area contributed by atoms with Crippen molar-refractivity contribution in [3.63, 3.8) is 0 Å². The summed E-state index contributed by atoms with van der Waals surface area (Å²) in [6, 6.07) is 8.46. The van der Waals surface area contributed by atoms with E-state index in [9.17, 15) is 0 Å². The first kappa shape index (κ1) is 9.70. The van der Waals surface area contributed by atoms with Gasteiger partial charge in [-0.1, -0.05) is 12.1 Å². The van der Waals surface area contributed by atoms with Crippen molar-refractivity contribution in [2.45, 2.75) is 18.9 Å². The molecule has 1 aromatic carbocycles. The Morgan fingerprint density at radius 1 is 1.50 bits per heavy atom. The molecule has 0 saturated carbocycles. The first-order valence-electron chi connectivity index (χ1n) is 4.75. The molecule has 2 rings (SSSR count). The molecule has 0 aliphatic carbocycles. The van der Waals surface area contributed by atoms with Gasteiger partial charge in [0, 0.05) is 10.5 Å². The molecular formula is C11H11BrN2. The molecule has 1 aromatic rings. The zero-order valence-corrected chi connectivity index (χ0v) is 9.34. The van der Waals surface area contributed by atoms with Crippen molar-refractivity contribution in [3.8, 4) is 6.07 Å². The highest BCUT2D eigenvalue weighted by molar-refractivity contribution is 9.10. The van der Waals surface area contributed by atoms with E-state index >= 15 is 0 Å². The monoisotopic (exact) mass is 250 g/mol. The lowest BCUT2D eigenvalue weighted by Gasteiger charge is -2.13. The van der Waals surface area contributed by atoms with E-state index in [-0.39, 0.29) is 0 Å². The average molecular weight is 251 g/mol. The molecule has 0 spiro atoms. The molecule has 1 unspecified atom stereocenters. The third-order valence-corrected chi connectivity index (χ3v) is 3.47. The van der Waals surface area contributed by atoms with Crippen LogP contribution in [0.1, 0.15) is 30.0 Å². The number of benzene rings is 1. The first-order valence-corrected chi connectivity index (χ1v) is 5.54. The largest absolute Gasteiger partial charge is 0.310 e. The second-order valence-electron chi connectivity index (χ2n) is 3.47. The van der Waals surface area contributed by atoms with Gasteiger partial charge in [0.05, 0.1) is 5.56 Å². The number of hydrogen-bond acceptors (Lipinski definition) is 2. The van der Waals surface area contributed by atoms with Gasteiger partial charge in [-0.25, -0.2) is 0 Å². The van der Waals surface area contributed by atoms with Gasteiger partial charge in [-0.2, -0.15) is 5.26 Å². The molecule has 0 bridgehead atoms. The molecule has 1 saturated heterocycles. The third kappa shape index (κ3) is 1.68. The van der Waals surface area contributed by atoms with Crippen LogP contribution in [0.5, 0.6) is 0 Å². The van der Waals surface area contributed by atoms with Crippen LogP contribution in [0.2, 0.25) is 0 Å². The maximum atomic E-state index is 8.89. The predicted octanol–water partition coefficient (Wildman–Crippen LogP) is 2.75. The highest BCUT2D eigenvalue weighted by Crippen LogP contribution is 2.31. The van der Waals surface area contributed by atoms with Gasteiger partial charge in [-0.15, -0.1) is 0 Å². The van der Waals surface area contributed by atoms with Gasteiger partial charge in [0.1, 0.15) is 6.07 Å². The Balaban J connectivity index is 2.38. The first-order chi connectivity index (χ1) is 6.83. The zero-order valence-electron chi connectivity index (χ0n) is 7.76. The van der Waals surface area contributed by atoms with E-state index in [1.54, 1.807) is 0 Å². The number of halogens is 1. The van der Waals surface area contributed by atoms with E-state index in [1.165, 1.54) is 12.0 Å². The number of rotatable bonds is 1. The summed E-state index contributed by atoms with van der Waals surface area (Å²) in [5.41, 5.74) is 1.93. The zero-order chi connectivity index (χ0) is 9.97. The Hall–Kier alpha value is -0.850. The Morgan fingerprint density at radius 3 is 3.00 bits per heavy atom. The molecule has 0 aromatic heterocycles. The van der Waals surface area contributed by atoms with E-state index in [2.05, 4.69) is 33.4 Å². The molecular weight excluding hydrogens is 240 g/mol. The molecule has 0 radical (unpaired) electrons. The van der Waals surface area contributed by atoms with E-state index in [1.807, 2.05) is 12.1 Å². The number of nitrogens with zero attached hydrogens (tertiary/aromatic N) is 1. The fraction of sp³-hybridized carbons (Fsp3) is 0.364. The van der Waals surface area contributed by atoms with Crippen LogP contribution in [0.4, 0.5) is 0 Å². The summed E-state index contributed by atoms with van der Waals surface area (Å²) in [5, 5.41) is 12.3. The van der Waals surface area contributed by atoms with Crippen molar-refractivity contribution < 1.29 is 0 Å². The fourth-order valence-electron chi connectivity index (χ4n) is 1.86. The van der Waals surface area contributed by atoms with Crippen molar-refractivity contribution in [2.75, 3.05) is 6.54 Å². The van der Waals surface area contributed by atoms with Crippen LogP contribution < -0.4 is 5.32 Å². The summed E-state index contributed by atoms with van der Waals surface area (Å²) in [6.45, 7) is 1.08. The van der Waals surface area contributed by atoms with Gasteiger partial charge in [0.15, 0.2) is 0 Å². The maximum absolute atomic E-state index is 8.89. The topological polar surface area (TPSA) is 35.8 Å². The lowest BCUT2D eigenvalue weighted by Crippen LogP contribution is -2.13. The van der Waals surface area contributed by atoms with Crippen molar-refractivity contribution in [2.24, 2.45) is 0 Å². The Morgan fingerprint density at radius 2 is 2.36 bits per heavy atom. The summed E-state index contributed by atoms with van der Waals surface area (Å²) in [7, 11) is 0. The molecule has 1 N–H and O–H groups in total. The van der Waals surface area contributed by atoms with E-state index < -0.39 is 0 Å². The van der Waals surface area contributed by atoms with E-state index in [0.29, 0.717) is 6.04 Å². The number of nitriles is 1. The molecule has 14 heavy (non-hydrogen) atoms. The van der Waals surface area contributed by atoms with Gasteiger partial charge in [-0.3, -0.25) is 0 Å². The second-order valence-corrected chi connectivity index (χ2v) is 4.26. The highest BCUT2D eigenvalue weighted by Gasteiger charge is 2.19. The predicted molar refractivity (Wildman–Crippen MR) is 58.8 cm³/mol. The van der Waals surface area contributed by atoms with Gasteiger partial charge in [0.25, 0.3) is 0 Å². The SMILES string of the molecule is N#Cc1cccc(C2CCCN2)c1Br. The van der Waals surface area contributed by atoms with E-state index in [0.717, 1.165) is 23.0 Å². The Bertz CT molecular complexity index is 375. The van der Waals surface area contributed by atoms with Crippen LogP contribution >= 0.6 is 15.9 Å². The molecule has 72 valence electrons. The van der Waals surface area contributed by atoms with Crippen LogP contribution in [-0.4, -0.2) is 6.54 Å². The van der Waals surface area contributed by atoms with Crippen LogP contribution in [0.3, 0.4) is 0 Å². The molecule has 1 aliphatic rings. The van der Waals surface area contributed by atoms with Crippen LogP contribution in [0, 0.1) is 11.3 Å². The molecule has 3 heteroatoms. The summed E-state index contributed by atoms with van der Waals surface area (Å²) >= 11 is 3.49. The molecule has 1 fully saturated rings.